The van der Waals surface area contributed by atoms with Gasteiger partial charge in [0.25, 0.3) is 0 Å². The molecule has 0 saturated carbocycles. The SMILES string of the molecule is C=CCOC(=O)C1=CS[C@H]2[C@@H](C(C)OC(=O)Cc3ccccn3)C(=O)N12. The van der Waals surface area contributed by atoms with Crippen LogP contribution in [0.2, 0.25) is 0 Å². The molecule has 2 aliphatic heterocycles. The minimum Gasteiger partial charge on any atom is -0.461 e. The summed E-state index contributed by atoms with van der Waals surface area (Å²) in [5, 5.41) is 1.35. The van der Waals surface area contributed by atoms with Crippen LogP contribution in [-0.2, 0) is 30.3 Å². The summed E-state index contributed by atoms with van der Waals surface area (Å²) in [5.41, 5.74) is 0.825. The molecule has 1 fully saturated rings. The average molecular weight is 374 g/mol. The largest absolute Gasteiger partial charge is 0.461 e. The normalized spacial score (nSPS) is 22.0. The second-order valence-corrected chi connectivity index (χ2v) is 6.83. The first-order valence-electron chi connectivity index (χ1n) is 8.09. The summed E-state index contributed by atoms with van der Waals surface area (Å²) >= 11 is 1.35. The van der Waals surface area contributed by atoms with Gasteiger partial charge >= 0.3 is 11.9 Å². The lowest BCUT2D eigenvalue weighted by Crippen LogP contribution is -2.61. The second-order valence-electron chi connectivity index (χ2n) is 5.84. The van der Waals surface area contributed by atoms with Gasteiger partial charge in [0.1, 0.15) is 29.7 Å². The van der Waals surface area contributed by atoms with Gasteiger partial charge < -0.3 is 9.47 Å². The van der Waals surface area contributed by atoms with Crippen LogP contribution < -0.4 is 0 Å². The van der Waals surface area contributed by atoms with Crippen molar-refractivity contribution in [3.05, 3.63) is 53.8 Å². The van der Waals surface area contributed by atoms with Gasteiger partial charge in [-0.25, -0.2) is 4.79 Å². The molecule has 0 aliphatic carbocycles. The topological polar surface area (TPSA) is 85.8 Å². The van der Waals surface area contributed by atoms with E-state index in [-0.39, 0.29) is 30.0 Å². The van der Waals surface area contributed by atoms with Gasteiger partial charge in [-0.2, -0.15) is 0 Å². The van der Waals surface area contributed by atoms with Crippen LogP contribution in [0.3, 0.4) is 0 Å². The molecule has 0 aromatic carbocycles. The summed E-state index contributed by atoms with van der Waals surface area (Å²) < 4.78 is 10.4. The van der Waals surface area contributed by atoms with E-state index in [1.54, 1.807) is 36.7 Å². The average Bonchev–Trinajstić information content (AvgIpc) is 2.99. The summed E-state index contributed by atoms with van der Waals surface area (Å²) in [5.74, 6) is -1.75. The van der Waals surface area contributed by atoms with Crippen molar-refractivity contribution >= 4 is 29.6 Å². The maximum absolute atomic E-state index is 12.5. The molecule has 3 rings (SSSR count). The number of aromatic nitrogens is 1. The summed E-state index contributed by atoms with van der Waals surface area (Å²) in [7, 11) is 0. The number of fused-ring (bicyclic) bond motifs is 1. The Balaban J connectivity index is 1.55. The molecule has 1 amide bonds. The molecule has 1 aromatic heterocycles. The molecule has 26 heavy (non-hydrogen) atoms. The minimum atomic E-state index is -0.593. The molecule has 1 aromatic rings. The highest BCUT2D eigenvalue weighted by Gasteiger charge is 2.56. The third kappa shape index (κ3) is 3.50. The van der Waals surface area contributed by atoms with Crippen LogP contribution in [-0.4, -0.2) is 45.8 Å². The molecule has 3 atom stereocenters. The zero-order valence-corrected chi connectivity index (χ0v) is 15.0. The van der Waals surface area contributed by atoms with Crippen LogP contribution in [0, 0.1) is 5.92 Å². The number of thioether (sulfide) groups is 1. The predicted octanol–water partition coefficient (Wildman–Crippen LogP) is 1.66. The molecular weight excluding hydrogens is 356 g/mol. The Bertz CT molecular complexity index is 764. The number of esters is 2. The zero-order valence-electron chi connectivity index (χ0n) is 14.2. The van der Waals surface area contributed by atoms with Crippen LogP contribution in [0.15, 0.2) is 48.2 Å². The van der Waals surface area contributed by atoms with E-state index >= 15 is 0 Å². The molecule has 7 nitrogen and oxygen atoms in total. The molecule has 1 saturated heterocycles. The van der Waals surface area contributed by atoms with E-state index in [1.807, 2.05) is 0 Å². The summed E-state index contributed by atoms with van der Waals surface area (Å²) in [6, 6.07) is 5.29. The van der Waals surface area contributed by atoms with E-state index in [4.69, 9.17) is 9.47 Å². The molecule has 0 radical (unpaired) electrons. The summed E-state index contributed by atoms with van der Waals surface area (Å²) in [4.78, 5) is 42.0. The monoisotopic (exact) mass is 374 g/mol. The Morgan fingerprint density at radius 3 is 2.96 bits per heavy atom. The lowest BCUT2D eigenvalue weighted by molar-refractivity contribution is -0.166. The first-order valence-corrected chi connectivity index (χ1v) is 9.03. The molecule has 8 heteroatoms. The van der Waals surface area contributed by atoms with Crippen LogP contribution >= 0.6 is 11.8 Å². The lowest BCUT2D eigenvalue weighted by atomic mass is 9.92. The van der Waals surface area contributed by atoms with E-state index in [1.165, 1.54) is 22.7 Å². The molecule has 0 bridgehead atoms. The fourth-order valence-electron chi connectivity index (χ4n) is 2.84. The van der Waals surface area contributed by atoms with Gasteiger partial charge in [-0.15, -0.1) is 11.8 Å². The lowest BCUT2D eigenvalue weighted by Gasteiger charge is -2.44. The number of pyridine rings is 1. The molecule has 1 unspecified atom stereocenters. The number of β-lactam (4-membered cyclic amide) rings is 1. The van der Waals surface area contributed by atoms with Crippen LogP contribution in [0.5, 0.6) is 0 Å². The van der Waals surface area contributed by atoms with Gasteiger partial charge in [0.05, 0.1) is 12.1 Å². The highest BCUT2D eigenvalue weighted by molar-refractivity contribution is 8.03. The highest BCUT2D eigenvalue weighted by atomic mass is 32.2. The van der Waals surface area contributed by atoms with Gasteiger partial charge in [-0.3, -0.25) is 19.5 Å². The van der Waals surface area contributed by atoms with Crippen molar-refractivity contribution in [2.24, 2.45) is 5.92 Å². The Morgan fingerprint density at radius 1 is 1.46 bits per heavy atom. The van der Waals surface area contributed by atoms with Crippen molar-refractivity contribution in [2.75, 3.05) is 6.61 Å². The minimum absolute atomic E-state index is 0.0466. The van der Waals surface area contributed by atoms with Gasteiger partial charge in [-0.05, 0) is 19.1 Å². The quantitative estimate of drug-likeness (QED) is 0.407. The molecule has 0 spiro atoms. The van der Waals surface area contributed by atoms with Crippen molar-refractivity contribution < 1.29 is 23.9 Å². The van der Waals surface area contributed by atoms with Gasteiger partial charge in [0.15, 0.2) is 0 Å². The maximum atomic E-state index is 12.5. The maximum Gasteiger partial charge on any atom is 0.355 e. The third-order valence-corrected chi connectivity index (χ3v) is 5.22. The molecule has 3 heterocycles. The smallest absolute Gasteiger partial charge is 0.355 e. The number of carbonyl (C=O) groups excluding carboxylic acids is 3. The summed E-state index contributed by atoms with van der Waals surface area (Å²) in [6.45, 7) is 5.25. The Hall–Kier alpha value is -2.61. The molecular formula is C18H18N2O5S. The number of rotatable bonds is 7. The first-order chi connectivity index (χ1) is 12.5. The van der Waals surface area contributed by atoms with Crippen LogP contribution in [0.25, 0.3) is 0 Å². The number of hydrogen-bond acceptors (Lipinski definition) is 7. The Morgan fingerprint density at radius 2 is 2.27 bits per heavy atom. The summed E-state index contributed by atoms with van der Waals surface area (Å²) in [6.07, 6.45) is 2.52. The fraction of sp³-hybridized carbons (Fsp3) is 0.333. The van der Waals surface area contributed by atoms with Gasteiger partial charge in [0.2, 0.25) is 5.91 Å². The number of amides is 1. The van der Waals surface area contributed by atoms with Gasteiger partial charge in [0, 0.05) is 11.6 Å². The number of hydrogen-bond donors (Lipinski definition) is 0. The molecule has 136 valence electrons. The first kappa shape index (κ1) is 18.2. The highest BCUT2D eigenvalue weighted by Crippen LogP contribution is 2.46. The van der Waals surface area contributed by atoms with E-state index in [0.29, 0.717) is 5.69 Å². The van der Waals surface area contributed by atoms with Crippen molar-refractivity contribution in [2.45, 2.75) is 24.8 Å². The number of nitrogens with zero attached hydrogens (tertiary/aromatic N) is 2. The molecule has 2 aliphatic rings. The van der Waals surface area contributed by atoms with E-state index < -0.39 is 24.0 Å². The van der Waals surface area contributed by atoms with E-state index in [2.05, 4.69) is 11.6 Å². The van der Waals surface area contributed by atoms with E-state index in [9.17, 15) is 14.4 Å². The Kier molecular flexibility index (Phi) is 5.41. The standard InChI is InChI=1S/C18H18N2O5S/c1-3-8-24-18(23)13-10-26-17-15(16(22)20(13)17)11(2)25-14(21)9-12-6-4-5-7-19-12/h3-7,10-11,15,17H,1,8-9H2,2H3/t11?,15-,17-/m0/s1. The predicted molar refractivity (Wildman–Crippen MR) is 94.4 cm³/mol. The van der Waals surface area contributed by atoms with Crippen LogP contribution in [0.1, 0.15) is 12.6 Å². The van der Waals surface area contributed by atoms with E-state index in [0.717, 1.165) is 0 Å². The van der Waals surface area contributed by atoms with Crippen LogP contribution in [0.4, 0.5) is 0 Å². The third-order valence-electron chi connectivity index (χ3n) is 4.08. The van der Waals surface area contributed by atoms with Crippen molar-refractivity contribution in [1.29, 1.82) is 0 Å². The number of ether oxygens (including phenoxy) is 2. The second kappa shape index (κ2) is 7.74. The van der Waals surface area contributed by atoms with Crippen molar-refractivity contribution in [3.63, 3.8) is 0 Å². The number of carbonyl (C=O) groups is 3. The van der Waals surface area contributed by atoms with Crippen molar-refractivity contribution in [3.8, 4) is 0 Å². The molecule has 0 N–H and O–H groups in total. The van der Waals surface area contributed by atoms with Crippen molar-refractivity contribution in [1.82, 2.24) is 9.88 Å². The van der Waals surface area contributed by atoms with Gasteiger partial charge in [-0.1, -0.05) is 18.7 Å². The Labute approximate surface area is 155 Å². The zero-order chi connectivity index (χ0) is 18.7. The fourth-order valence-corrected chi connectivity index (χ4v) is 4.16.